The largest absolute Gasteiger partial charge is 0.326 e. The average molecular weight is 321 g/mol. The lowest BCUT2D eigenvalue weighted by Gasteiger charge is -2.31. The van der Waals surface area contributed by atoms with Gasteiger partial charge in [-0.15, -0.1) is 12.4 Å². The van der Waals surface area contributed by atoms with Crippen molar-refractivity contribution in [1.29, 1.82) is 5.26 Å². The molecule has 21 heavy (non-hydrogen) atoms. The number of rotatable bonds is 4. The third-order valence-electron chi connectivity index (χ3n) is 3.66. The summed E-state index contributed by atoms with van der Waals surface area (Å²) in [6.45, 7) is 1.88. The molecule has 0 amide bonds. The minimum atomic E-state index is -0.727. The van der Waals surface area contributed by atoms with Gasteiger partial charge in [0.2, 0.25) is 0 Å². The lowest BCUT2D eigenvalue weighted by Crippen LogP contribution is -2.44. The van der Waals surface area contributed by atoms with Gasteiger partial charge in [-0.1, -0.05) is 54.1 Å². The molecule has 0 heterocycles. The Bertz CT molecular complexity index is 603. The Balaban J connectivity index is 0.00000220. The number of hydrogen-bond donors (Lipinski definition) is 1. The van der Waals surface area contributed by atoms with Crippen molar-refractivity contribution < 1.29 is 0 Å². The number of hydrogen-bond acceptors (Lipinski definition) is 2. The quantitative estimate of drug-likeness (QED) is 0.921. The molecule has 2 aromatic rings. The van der Waals surface area contributed by atoms with Crippen molar-refractivity contribution >= 4 is 24.0 Å². The minimum Gasteiger partial charge on any atom is -0.326 e. The Labute approximate surface area is 137 Å². The summed E-state index contributed by atoms with van der Waals surface area (Å²) >= 11 is 5.91. The Morgan fingerprint density at radius 2 is 1.71 bits per heavy atom. The van der Waals surface area contributed by atoms with Crippen LogP contribution in [-0.2, 0) is 11.8 Å². The first-order valence-electron chi connectivity index (χ1n) is 6.55. The molecule has 0 aliphatic rings. The van der Waals surface area contributed by atoms with Crippen LogP contribution in [0.3, 0.4) is 0 Å². The smallest absolute Gasteiger partial charge is 0.101 e. The first kappa shape index (κ1) is 17.5. The summed E-state index contributed by atoms with van der Waals surface area (Å²) in [5, 5.41) is 10.5. The molecule has 2 aromatic carbocycles. The number of nitriles is 1. The highest BCUT2D eigenvalue weighted by atomic mass is 35.5. The lowest BCUT2D eigenvalue weighted by molar-refractivity contribution is 0.454. The van der Waals surface area contributed by atoms with Crippen LogP contribution in [0.25, 0.3) is 0 Å². The van der Waals surface area contributed by atoms with Gasteiger partial charge in [0, 0.05) is 11.1 Å². The predicted octanol–water partition coefficient (Wildman–Crippen LogP) is 4.11. The van der Waals surface area contributed by atoms with E-state index in [1.807, 2.05) is 61.5 Å². The first-order valence-corrected chi connectivity index (χ1v) is 6.93. The van der Waals surface area contributed by atoms with E-state index in [9.17, 15) is 5.26 Å². The van der Waals surface area contributed by atoms with Crippen LogP contribution in [-0.4, -0.2) is 6.04 Å². The lowest BCUT2D eigenvalue weighted by atomic mass is 9.72. The minimum absolute atomic E-state index is 0. The summed E-state index contributed by atoms with van der Waals surface area (Å²) in [5.74, 6) is 0. The molecule has 2 nitrogen and oxygen atoms in total. The predicted molar refractivity (Wildman–Crippen MR) is 89.8 cm³/mol. The Morgan fingerprint density at radius 1 is 1.14 bits per heavy atom. The molecule has 2 rings (SSSR count). The molecule has 0 aliphatic carbocycles. The molecule has 0 radical (unpaired) electrons. The summed E-state index contributed by atoms with van der Waals surface area (Å²) in [6, 6.07) is 19.5. The highest BCUT2D eigenvalue weighted by Gasteiger charge is 2.36. The van der Waals surface area contributed by atoms with Gasteiger partial charge in [-0.2, -0.15) is 5.26 Å². The second-order valence-corrected chi connectivity index (χ2v) is 5.48. The van der Waals surface area contributed by atoms with Crippen molar-refractivity contribution in [3.63, 3.8) is 0 Å². The molecule has 0 aliphatic heterocycles. The van der Waals surface area contributed by atoms with Crippen LogP contribution in [0, 0.1) is 11.3 Å². The van der Waals surface area contributed by atoms with Gasteiger partial charge in [0.05, 0.1) is 6.07 Å². The van der Waals surface area contributed by atoms with E-state index >= 15 is 0 Å². The number of halogens is 2. The van der Waals surface area contributed by atoms with Gasteiger partial charge >= 0.3 is 0 Å². The van der Waals surface area contributed by atoms with E-state index in [2.05, 4.69) is 6.07 Å². The summed E-state index contributed by atoms with van der Waals surface area (Å²) < 4.78 is 0. The molecule has 0 bridgehead atoms. The summed E-state index contributed by atoms with van der Waals surface area (Å²) in [6.07, 6.45) is 0.572. The van der Waals surface area contributed by atoms with Gasteiger partial charge in [-0.25, -0.2) is 0 Å². The first-order chi connectivity index (χ1) is 9.58. The fraction of sp³-hybridized carbons (Fsp3) is 0.235. The van der Waals surface area contributed by atoms with Gasteiger partial charge in [-0.3, -0.25) is 0 Å². The van der Waals surface area contributed by atoms with Gasteiger partial charge < -0.3 is 5.73 Å². The second kappa shape index (κ2) is 7.47. The van der Waals surface area contributed by atoms with Crippen LogP contribution in [0.15, 0.2) is 54.6 Å². The fourth-order valence-corrected chi connectivity index (χ4v) is 2.52. The zero-order valence-corrected chi connectivity index (χ0v) is 13.4. The highest BCUT2D eigenvalue weighted by Crippen LogP contribution is 2.31. The van der Waals surface area contributed by atoms with Crippen molar-refractivity contribution in [3.8, 4) is 6.07 Å². The topological polar surface area (TPSA) is 49.8 Å². The molecule has 2 atom stereocenters. The molecule has 0 saturated carbocycles. The third-order valence-corrected chi connectivity index (χ3v) is 3.91. The molecule has 0 fully saturated rings. The van der Waals surface area contributed by atoms with Crippen LogP contribution in [0.1, 0.15) is 18.1 Å². The van der Waals surface area contributed by atoms with Crippen molar-refractivity contribution in [3.05, 3.63) is 70.7 Å². The van der Waals surface area contributed by atoms with E-state index in [0.717, 1.165) is 11.1 Å². The van der Waals surface area contributed by atoms with Crippen LogP contribution >= 0.6 is 24.0 Å². The van der Waals surface area contributed by atoms with Crippen molar-refractivity contribution in [2.45, 2.75) is 24.8 Å². The summed E-state index contributed by atoms with van der Waals surface area (Å²) in [7, 11) is 0. The Hall–Kier alpha value is -1.53. The van der Waals surface area contributed by atoms with Gasteiger partial charge in [0.1, 0.15) is 5.41 Å². The zero-order valence-electron chi connectivity index (χ0n) is 11.8. The second-order valence-electron chi connectivity index (χ2n) is 5.04. The maximum absolute atomic E-state index is 9.76. The van der Waals surface area contributed by atoms with E-state index in [0.29, 0.717) is 11.4 Å². The van der Waals surface area contributed by atoms with E-state index in [1.54, 1.807) is 0 Å². The summed E-state index contributed by atoms with van der Waals surface area (Å²) in [5.41, 5.74) is 7.42. The van der Waals surface area contributed by atoms with Gasteiger partial charge in [0.15, 0.2) is 0 Å². The van der Waals surface area contributed by atoms with Crippen molar-refractivity contribution in [2.75, 3.05) is 0 Å². The summed E-state index contributed by atoms with van der Waals surface area (Å²) in [4.78, 5) is 0. The zero-order chi connectivity index (χ0) is 14.6. The molecule has 0 saturated heterocycles. The van der Waals surface area contributed by atoms with Crippen LogP contribution in [0.5, 0.6) is 0 Å². The SMILES string of the molecule is CC(N)C(C#N)(Cc1ccc(Cl)cc1)c1ccccc1.Cl. The molecule has 2 N–H and O–H groups in total. The van der Waals surface area contributed by atoms with E-state index < -0.39 is 5.41 Å². The van der Waals surface area contributed by atoms with E-state index in [1.165, 1.54) is 0 Å². The molecule has 0 spiro atoms. The molecule has 2 unspecified atom stereocenters. The molecular weight excluding hydrogens is 303 g/mol. The van der Waals surface area contributed by atoms with Gasteiger partial charge in [-0.05, 0) is 36.6 Å². The van der Waals surface area contributed by atoms with E-state index in [-0.39, 0.29) is 18.4 Å². The van der Waals surface area contributed by atoms with Crippen molar-refractivity contribution in [2.24, 2.45) is 5.73 Å². The normalized spacial score (nSPS) is 14.4. The van der Waals surface area contributed by atoms with Crippen LogP contribution in [0.4, 0.5) is 0 Å². The third kappa shape index (κ3) is 3.77. The molecule has 0 aromatic heterocycles. The van der Waals surface area contributed by atoms with Crippen LogP contribution < -0.4 is 5.73 Å². The number of nitrogens with zero attached hydrogens (tertiary/aromatic N) is 1. The molecule has 4 heteroatoms. The van der Waals surface area contributed by atoms with E-state index in [4.69, 9.17) is 17.3 Å². The van der Waals surface area contributed by atoms with Crippen LogP contribution in [0.2, 0.25) is 5.02 Å². The molecular formula is C17H18Cl2N2. The standard InChI is InChI=1S/C17H17ClN2.ClH/c1-13(20)17(12-19,15-5-3-2-4-6-15)11-14-7-9-16(18)10-8-14;/h2-10,13H,11,20H2,1H3;1H. The van der Waals surface area contributed by atoms with Crippen molar-refractivity contribution in [1.82, 2.24) is 0 Å². The highest BCUT2D eigenvalue weighted by molar-refractivity contribution is 6.30. The fourth-order valence-electron chi connectivity index (χ4n) is 2.39. The Kier molecular flexibility index (Phi) is 6.23. The molecule has 110 valence electrons. The van der Waals surface area contributed by atoms with Gasteiger partial charge in [0.25, 0.3) is 0 Å². The number of benzene rings is 2. The maximum Gasteiger partial charge on any atom is 0.101 e. The number of nitrogens with two attached hydrogens (primary N) is 1. The Morgan fingerprint density at radius 3 is 2.19 bits per heavy atom. The monoisotopic (exact) mass is 320 g/mol. The maximum atomic E-state index is 9.76. The average Bonchev–Trinajstić information content (AvgIpc) is 2.47.